The molecule has 108 valence electrons. The Labute approximate surface area is 127 Å². The van der Waals surface area contributed by atoms with Crippen LogP contribution in [0.1, 0.15) is 16.8 Å². The Morgan fingerprint density at radius 1 is 1.10 bits per heavy atom. The molecule has 0 bridgehead atoms. The summed E-state index contributed by atoms with van der Waals surface area (Å²) in [6.45, 7) is 6.28. The van der Waals surface area contributed by atoms with E-state index in [1.165, 1.54) is 22.5 Å². The van der Waals surface area contributed by atoms with Gasteiger partial charge in [-0.1, -0.05) is 17.4 Å². The molecule has 1 aromatic carbocycles. The number of anilines is 1. The van der Waals surface area contributed by atoms with E-state index in [1.54, 1.807) is 0 Å². The summed E-state index contributed by atoms with van der Waals surface area (Å²) in [7, 11) is 1.84. The smallest absolute Gasteiger partial charge is 0.205 e. The van der Waals surface area contributed by atoms with E-state index in [4.69, 9.17) is 0 Å². The third-order valence-electron chi connectivity index (χ3n) is 3.61. The van der Waals surface area contributed by atoms with Crippen LogP contribution < -0.4 is 5.32 Å². The van der Waals surface area contributed by atoms with Gasteiger partial charge in [-0.25, -0.2) is 4.68 Å². The number of hydrogen-bond acceptors (Lipinski definition) is 5. The molecule has 21 heavy (non-hydrogen) atoms. The average Bonchev–Trinajstić information content (AvgIpc) is 3.08. The predicted molar refractivity (Wildman–Crippen MR) is 86.2 cm³/mol. The molecule has 3 aromatic rings. The standard InChI is InChI=1S/C15H17N5S/c1-9-5-6-12(7-10(9)2)20-11(3)13(8-17-20)14-18-19-15(16-4)21-14/h5-8H,1-4H3,(H,16,19). The minimum atomic E-state index is 0.809. The van der Waals surface area contributed by atoms with Crippen LogP contribution in [0.3, 0.4) is 0 Å². The fourth-order valence-corrected chi connectivity index (χ4v) is 2.93. The first-order valence-electron chi connectivity index (χ1n) is 6.74. The van der Waals surface area contributed by atoms with Crippen LogP contribution >= 0.6 is 11.3 Å². The lowest BCUT2D eigenvalue weighted by Gasteiger charge is -2.07. The van der Waals surface area contributed by atoms with Crippen molar-refractivity contribution < 1.29 is 0 Å². The summed E-state index contributed by atoms with van der Waals surface area (Å²) < 4.78 is 1.95. The molecule has 3 rings (SSSR count). The second-order valence-corrected chi connectivity index (χ2v) is 5.96. The quantitative estimate of drug-likeness (QED) is 0.805. The molecule has 0 aliphatic heterocycles. The van der Waals surface area contributed by atoms with Crippen molar-refractivity contribution in [2.45, 2.75) is 20.8 Å². The fraction of sp³-hybridized carbons (Fsp3) is 0.267. The molecule has 0 saturated carbocycles. The van der Waals surface area contributed by atoms with E-state index in [0.29, 0.717) is 0 Å². The van der Waals surface area contributed by atoms with Gasteiger partial charge in [-0.3, -0.25) is 0 Å². The van der Waals surface area contributed by atoms with Crippen LogP contribution in [0.4, 0.5) is 5.13 Å². The monoisotopic (exact) mass is 299 g/mol. The molecule has 6 heteroatoms. The van der Waals surface area contributed by atoms with Crippen molar-refractivity contribution in [3.8, 4) is 16.3 Å². The molecule has 0 fully saturated rings. The fourth-order valence-electron chi connectivity index (χ4n) is 2.17. The Kier molecular flexibility index (Phi) is 3.47. The van der Waals surface area contributed by atoms with E-state index in [1.807, 2.05) is 17.9 Å². The summed E-state index contributed by atoms with van der Waals surface area (Å²) in [4.78, 5) is 0. The highest BCUT2D eigenvalue weighted by Gasteiger charge is 2.14. The summed E-state index contributed by atoms with van der Waals surface area (Å²) in [5.74, 6) is 0. The van der Waals surface area contributed by atoms with Crippen molar-refractivity contribution in [3.63, 3.8) is 0 Å². The molecular weight excluding hydrogens is 282 g/mol. The lowest BCUT2D eigenvalue weighted by Crippen LogP contribution is -1.99. The van der Waals surface area contributed by atoms with Gasteiger partial charge >= 0.3 is 0 Å². The van der Waals surface area contributed by atoms with Crippen LogP contribution in [0.2, 0.25) is 0 Å². The topological polar surface area (TPSA) is 55.6 Å². The third kappa shape index (κ3) is 2.42. The molecule has 0 spiro atoms. The van der Waals surface area contributed by atoms with Crippen molar-refractivity contribution in [1.29, 1.82) is 0 Å². The zero-order valence-corrected chi connectivity index (χ0v) is 13.3. The molecule has 0 aliphatic rings. The van der Waals surface area contributed by atoms with E-state index < -0.39 is 0 Å². The van der Waals surface area contributed by atoms with Gasteiger partial charge in [0, 0.05) is 7.05 Å². The largest absolute Gasteiger partial charge is 0.363 e. The van der Waals surface area contributed by atoms with Crippen molar-refractivity contribution in [3.05, 3.63) is 41.2 Å². The first-order chi connectivity index (χ1) is 10.1. The Bertz CT molecular complexity index is 787. The normalized spacial score (nSPS) is 10.9. The van der Waals surface area contributed by atoms with Gasteiger partial charge in [0.25, 0.3) is 0 Å². The van der Waals surface area contributed by atoms with Crippen LogP contribution in [0.5, 0.6) is 0 Å². The van der Waals surface area contributed by atoms with Crippen LogP contribution in [0.15, 0.2) is 24.4 Å². The molecule has 0 radical (unpaired) electrons. The van der Waals surface area contributed by atoms with Gasteiger partial charge in [-0.2, -0.15) is 5.10 Å². The number of nitrogens with one attached hydrogen (secondary N) is 1. The molecule has 2 aromatic heterocycles. The predicted octanol–water partition coefficient (Wildman–Crippen LogP) is 3.36. The Balaban J connectivity index is 2.04. The van der Waals surface area contributed by atoms with Gasteiger partial charge in [-0.15, -0.1) is 10.2 Å². The maximum atomic E-state index is 4.50. The number of benzene rings is 1. The highest BCUT2D eigenvalue weighted by Crippen LogP contribution is 2.29. The Hall–Kier alpha value is -2.21. The van der Waals surface area contributed by atoms with Crippen molar-refractivity contribution >= 4 is 16.5 Å². The molecule has 0 unspecified atom stereocenters. The number of aromatic nitrogens is 4. The molecular formula is C15H17N5S. The van der Waals surface area contributed by atoms with Crippen molar-refractivity contribution in [2.75, 3.05) is 12.4 Å². The minimum absolute atomic E-state index is 0.809. The van der Waals surface area contributed by atoms with E-state index >= 15 is 0 Å². The number of rotatable bonds is 3. The molecule has 0 amide bonds. The summed E-state index contributed by atoms with van der Waals surface area (Å²) in [5, 5.41) is 17.5. The molecule has 0 saturated heterocycles. The van der Waals surface area contributed by atoms with E-state index in [0.717, 1.165) is 27.1 Å². The van der Waals surface area contributed by atoms with Crippen LogP contribution in [-0.4, -0.2) is 27.0 Å². The van der Waals surface area contributed by atoms with Gasteiger partial charge in [-0.05, 0) is 44.0 Å². The summed E-state index contributed by atoms with van der Waals surface area (Å²) >= 11 is 1.53. The Morgan fingerprint density at radius 3 is 2.57 bits per heavy atom. The zero-order valence-electron chi connectivity index (χ0n) is 12.5. The summed E-state index contributed by atoms with van der Waals surface area (Å²) in [6, 6.07) is 6.36. The third-order valence-corrected chi connectivity index (χ3v) is 4.59. The van der Waals surface area contributed by atoms with Crippen LogP contribution in [0, 0.1) is 20.8 Å². The van der Waals surface area contributed by atoms with Gasteiger partial charge < -0.3 is 5.32 Å². The highest BCUT2D eigenvalue weighted by atomic mass is 32.1. The van der Waals surface area contributed by atoms with Crippen molar-refractivity contribution in [2.24, 2.45) is 0 Å². The number of nitrogens with zero attached hydrogens (tertiary/aromatic N) is 4. The highest BCUT2D eigenvalue weighted by molar-refractivity contribution is 7.18. The molecule has 5 nitrogen and oxygen atoms in total. The van der Waals surface area contributed by atoms with Crippen molar-refractivity contribution in [1.82, 2.24) is 20.0 Å². The van der Waals surface area contributed by atoms with E-state index in [9.17, 15) is 0 Å². The lowest BCUT2D eigenvalue weighted by molar-refractivity contribution is 0.845. The van der Waals surface area contributed by atoms with Crippen LogP contribution in [0.25, 0.3) is 16.3 Å². The first-order valence-corrected chi connectivity index (χ1v) is 7.55. The van der Waals surface area contributed by atoms with E-state index in [-0.39, 0.29) is 0 Å². The van der Waals surface area contributed by atoms with Crippen LogP contribution in [-0.2, 0) is 0 Å². The van der Waals surface area contributed by atoms with Gasteiger partial charge in [0.2, 0.25) is 5.13 Å². The average molecular weight is 299 g/mol. The summed E-state index contributed by atoms with van der Waals surface area (Å²) in [6.07, 6.45) is 1.85. The van der Waals surface area contributed by atoms with Gasteiger partial charge in [0.15, 0.2) is 5.01 Å². The van der Waals surface area contributed by atoms with E-state index in [2.05, 4.69) is 59.6 Å². The molecule has 1 N–H and O–H groups in total. The second kappa shape index (κ2) is 5.29. The molecule has 2 heterocycles. The van der Waals surface area contributed by atoms with Gasteiger partial charge in [0.05, 0.1) is 23.1 Å². The molecule has 0 atom stereocenters. The maximum Gasteiger partial charge on any atom is 0.205 e. The molecule has 0 aliphatic carbocycles. The lowest BCUT2D eigenvalue weighted by atomic mass is 10.1. The minimum Gasteiger partial charge on any atom is -0.363 e. The SMILES string of the molecule is CNc1nnc(-c2cnn(-c3ccc(C)c(C)c3)c2C)s1. The van der Waals surface area contributed by atoms with Gasteiger partial charge in [0.1, 0.15) is 0 Å². The summed E-state index contributed by atoms with van der Waals surface area (Å²) in [5.41, 5.74) is 5.70. The Morgan fingerprint density at radius 2 is 1.90 bits per heavy atom. The maximum absolute atomic E-state index is 4.50. The first kappa shape index (κ1) is 13.8. The number of aryl methyl sites for hydroxylation is 2. The number of hydrogen-bond donors (Lipinski definition) is 1. The second-order valence-electron chi connectivity index (χ2n) is 4.99. The zero-order chi connectivity index (χ0) is 15.0.